The van der Waals surface area contributed by atoms with Crippen LogP contribution in [0, 0.1) is 13.8 Å². The van der Waals surface area contributed by atoms with Crippen molar-refractivity contribution in [2.24, 2.45) is 7.05 Å². The van der Waals surface area contributed by atoms with E-state index in [1.54, 1.807) is 30.9 Å². The van der Waals surface area contributed by atoms with Crippen molar-refractivity contribution < 1.29 is 27.4 Å². The number of carbonyl (C=O) groups excluding carboxylic acids is 1. The molecule has 0 saturated carbocycles. The molecule has 3 heterocycles. The highest BCUT2D eigenvalue weighted by atomic mass is 19.4. The minimum Gasteiger partial charge on any atom is -0.493 e. The normalized spacial score (nSPS) is 11.7. The van der Waals surface area contributed by atoms with Crippen molar-refractivity contribution in [2.45, 2.75) is 26.6 Å². The maximum Gasteiger partial charge on any atom is 0.433 e. The van der Waals surface area contributed by atoms with Gasteiger partial charge in [0.05, 0.1) is 31.8 Å². The summed E-state index contributed by atoms with van der Waals surface area (Å²) in [6.45, 7) is 3.95. The number of rotatable bonds is 6. The molecule has 4 rings (SSSR count). The second kappa shape index (κ2) is 9.17. The standard InChI is InChI=1S/C24H25F3N6O3/c1-13-17(14(2)32(4)30-13)12-31(3)23(34)16-11-28-33-21(24(25,26)27)10-18(29-22(16)33)15-7-8-19(35-5)20(9-15)36-6/h7-11H,12H2,1-6H3. The smallest absolute Gasteiger partial charge is 0.433 e. The summed E-state index contributed by atoms with van der Waals surface area (Å²) < 4.78 is 54.8. The number of ether oxygens (including phenoxy) is 2. The van der Waals surface area contributed by atoms with Gasteiger partial charge in [0, 0.05) is 37.5 Å². The number of fused-ring (bicyclic) bond motifs is 1. The Morgan fingerprint density at radius 2 is 1.81 bits per heavy atom. The van der Waals surface area contributed by atoms with E-state index in [0.717, 1.165) is 29.2 Å². The molecule has 0 aliphatic heterocycles. The lowest BCUT2D eigenvalue weighted by atomic mass is 10.1. The molecule has 190 valence electrons. The van der Waals surface area contributed by atoms with Gasteiger partial charge in [-0.3, -0.25) is 9.48 Å². The first-order valence-corrected chi connectivity index (χ1v) is 10.9. The quantitative estimate of drug-likeness (QED) is 0.395. The third kappa shape index (κ3) is 4.34. The summed E-state index contributed by atoms with van der Waals surface area (Å²) in [7, 11) is 6.26. The Hall–Kier alpha value is -4.09. The summed E-state index contributed by atoms with van der Waals surface area (Å²) >= 11 is 0. The molecule has 1 amide bonds. The average molecular weight is 502 g/mol. The maximum atomic E-state index is 14.0. The van der Waals surface area contributed by atoms with Gasteiger partial charge in [-0.05, 0) is 38.1 Å². The Morgan fingerprint density at radius 3 is 2.39 bits per heavy atom. The van der Waals surface area contributed by atoms with Crippen LogP contribution < -0.4 is 9.47 Å². The lowest BCUT2D eigenvalue weighted by molar-refractivity contribution is -0.142. The van der Waals surface area contributed by atoms with Gasteiger partial charge in [0.15, 0.2) is 22.8 Å². The largest absolute Gasteiger partial charge is 0.493 e. The molecule has 4 aromatic rings. The second-order valence-electron chi connectivity index (χ2n) is 8.32. The number of hydrogen-bond acceptors (Lipinski definition) is 6. The van der Waals surface area contributed by atoms with Crippen LogP contribution in [0.25, 0.3) is 16.9 Å². The third-order valence-electron chi connectivity index (χ3n) is 6.07. The van der Waals surface area contributed by atoms with Crippen LogP contribution in [-0.4, -0.2) is 56.5 Å². The number of carbonyl (C=O) groups is 1. The number of hydrogen-bond donors (Lipinski definition) is 0. The first-order chi connectivity index (χ1) is 17.0. The Bertz CT molecular complexity index is 1460. The SMILES string of the molecule is COc1ccc(-c2cc(C(F)(F)F)n3ncc(C(=O)N(C)Cc4c(C)nn(C)c4C)c3n2)cc1OC. The van der Waals surface area contributed by atoms with Gasteiger partial charge in [-0.1, -0.05) is 0 Å². The van der Waals surface area contributed by atoms with E-state index in [4.69, 9.17) is 9.47 Å². The topological polar surface area (TPSA) is 86.8 Å². The Balaban J connectivity index is 1.82. The molecule has 0 unspecified atom stereocenters. The molecule has 0 bridgehead atoms. The zero-order chi connectivity index (χ0) is 26.4. The highest BCUT2D eigenvalue weighted by Crippen LogP contribution is 2.36. The number of aryl methyl sites for hydroxylation is 2. The van der Waals surface area contributed by atoms with E-state index in [-0.39, 0.29) is 23.4 Å². The number of amides is 1. The predicted molar refractivity (Wildman–Crippen MR) is 125 cm³/mol. The van der Waals surface area contributed by atoms with Crippen LogP contribution in [0.5, 0.6) is 11.5 Å². The van der Waals surface area contributed by atoms with E-state index in [2.05, 4.69) is 15.2 Å². The van der Waals surface area contributed by atoms with Gasteiger partial charge >= 0.3 is 6.18 Å². The zero-order valence-corrected chi connectivity index (χ0v) is 20.6. The van der Waals surface area contributed by atoms with Gasteiger partial charge < -0.3 is 14.4 Å². The van der Waals surface area contributed by atoms with E-state index < -0.39 is 17.8 Å². The van der Waals surface area contributed by atoms with Crippen LogP contribution >= 0.6 is 0 Å². The molecule has 0 N–H and O–H groups in total. The van der Waals surface area contributed by atoms with Gasteiger partial charge in [0.2, 0.25) is 0 Å². The molecule has 0 fully saturated rings. The predicted octanol–water partition coefficient (Wildman–Crippen LogP) is 4.05. The highest BCUT2D eigenvalue weighted by Gasteiger charge is 2.36. The van der Waals surface area contributed by atoms with E-state index in [1.165, 1.54) is 25.2 Å². The molecule has 12 heteroatoms. The van der Waals surface area contributed by atoms with Gasteiger partial charge in [-0.2, -0.15) is 23.4 Å². The van der Waals surface area contributed by atoms with Crippen LogP contribution in [-0.2, 0) is 19.8 Å². The Kier molecular flexibility index (Phi) is 6.37. The van der Waals surface area contributed by atoms with Crippen molar-refractivity contribution in [3.63, 3.8) is 0 Å². The summed E-state index contributed by atoms with van der Waals surface area (Å²) in [5.74, 6) is 0.232. The van der Waals surface area contributed by atoms with Gasteiger partial charge in [0.1, 0.15) is 5.56 Å². The highest BCUT2D eigenvalue weighted by molar-refractivity contribution is 5.99. The molecular weight excluding hydrogens is 477 g/mol. The fourth-order valence-corrected chi connectivity index (χ4v) is 4.02. The van der Waals surface area contributed by atoms with E-state index in [1.807, 2.05) is 13.8 Å². The molecule has 0 aliphatic carbocycles. The Morgan fingerprint density at radius 1 is 1.11 bits per heavy atom. The molecule has 9 nitrogen and oxygen atoms in total. The maximum absolute atomic E-state index is 14.0. The van der Waals surface area contributed by atoms with Crippen molar-refractivity contribution in [1.29, 1.82) is 0 Å². The number of nitrogens with zero attached hydrogens (tertiary/aromatic N) is 6. The van der Waals surface area contributed by atoms with Crippen LogP contribution in [0.3, 0.4) is 0 Å². The second-order valence-corrected chi connectivity index (χ2v) is 8.32. The van der Waals surface area contributed by atoms with E-state index in [9.17, 15) is 18.0 Å². The zero-order valence-electron chi connectivity index (χ0n) is 20.6. The fourth-order valence-electron chi connectivity index (χ4n) is 4.02. The van der Waals surface area contributed by atoms with Gasteiger partial charge in [0.25, 0.3) is 5.91 Å². The number of aromatic nitrogens is 5. The fraction of sp³-hybridized carbons (Fsp3) is 0.333. The molecule has 0 saturated heterocycles. The number of methoxy groups -OCH3 is 2. The summed E-state index contributed by atoms with van der Waals surface area (Å²) in [6, 6.07) is 5.55. The molecule has 3 aromatic heterocycles. The van der Waals surface area contributed by atoms with Gasteiger partial charge in [-0.15, -0.1) is 0 Å². The lowest BCUT2D eigenvalue weighted by Gasteiger charge is -2.17. The summed E-state index contributed by atoms with van der Waals surface area (Å²) in [5, 5.41) is 8.21. The lowest BCUT2D eigenvalue weighted by Crippen LogP contribution is -2.27. The van der Waals surface area contributed by atoms with Crippen LogP contribution in [0.1, 0.15) is 33.0 Å². The molecule has 36 heavy (non-hydrogen) atoms. The van der Waals surface area contributed by atoms with Crippen molar-refractivity contribution in [2.75, 3.05) is 21.3 Å². The van der Waals surface area contributed by atoms with Crippen molar-refractivity contribution in [3.05, 3.63) is 58.7 Å². The monoisotopic (exact) mass is 502 g/mol. The van der Waals surface area contributed by atoms with Crippen LogP contribution in [0.4, 0.5) is 13.2 Å². The number of alkyl halides is 3. The minimum absolute atomic E-state index is 0.00642. The molecule has 0 radical (unpaired) electrons. The first-order valence-electron chi connectivity index (χ1n) is 10.9. The van der Waals surface area contributed by atoms with Crippen molar-refractivity contribution in [3.8, 4) is 22.8 Å². The summed E-state index contributed by atoms with van der Waals surface area (Å²) in [5.41, 5.74) is 1.57. The Labute approximate surface area is 205 Å². The van der Waals surface area contributed by atoms with Crippen molar-refractivity contribution in [1.82, 2.24) is 29.3 Å². The van der Waals surface area contributed by atoms with Crippen LogP contribution in [0.15, 0.2) is 30.5 Å². The average Bonchev–Trinajstić information content (AvgIpc) is 3.37. The summed E-state index contributed by atoms with van der Waals surface area (Å²) in [4.78, 5) is 19.1. The van der Waals surface area contributed by atoms with Crippen molar-refractivity contribution >= 4 is 11.6 Å². The van der Waals surface area contributed by atoms with E-state index >= 15 is 0 Å². The molecule has 0 spiro atoms. The first kappa shape index (κ1) is 25.0. The van der Waals surface area contributed by atoms with E-state index in [0.29, 0.717) is 21.6 Å². The van der Waals surface area contributed by atoms with Crippen LogP contribution in [0.2, 0.25) is 0 Å². The third-order valence-corrected chi connectivity index (χ3v) is 6.07. The number of benzene rings is 1. The molecule has 0 atom stereocenters. The van der Waals surface area contributed by atoms with Gasteiger partial charge in [-0.25, -0.2) is 9.50 Å². The number of halogens is 3. The minimum atomic E-state index is -4.74. The summed E-state index contributed by atoms with van der Waals surface area (Å²) in [6.07, 6.45) is -3.63. The molecular formula is C24H25F3N6O3. The molecule has 0 aliphatic rings. The molecule has 1 aromatic carbocycles.